The Morgan fingerprint density at radius 1 is 1.00 bits per heavy atom. The molecule has 25 heavy (non-hydrogen) atoms. The average molecular weight is 347 g/mol. The molecule has 1 N–H and O–H groups in total. The zero-order valence-corrected chi connectivity index (χ0v) is 12.7. The number of hydrogen-bond acceptors (Lipinski definition) is 2. The van der Waals surface area contributed by atoms with Crippen molar-refractivity contribution in [3.05, 3.63) is 71.3 Å². The number of benzene rings is 2. The summed E-state index contributed by atoms with van der Waals surface area (Å²) in [6.45, 7) is 0. The smallest absolute Gasteiger partial charge is 0.416 e. The highest BCUT2D eigenvalue weighted by atomic mass is 19.4. The van der Waals surface area contributed by atoms with Crippen molar-refractivity contribution in [2.45, 2.75) is 12.2 Å². The van der Waals surface area contributed by atoms with Gasteiger partial charge >= 0.3 is 12.1 Å². The first kappa shape index (κ1) is 16.8. The number of aliphatic carboxylic acids is 1. The van der Waals surface area contributed by atoms with Crippen LogP contribution in [0.5, 0.6) is 0 Å². The molecule has 2 aromatic rings. The summed E-state index contributed by atoms with van der Waals surface area (Å²) < 4.78 is 38.0. The molecular formula is C18H12F3NO3. The van der Waals surface area contributed by atoms with E-state index in [1.165, 1.54) is 6.08 Å². The Kier molecular flexibility index (Phi) is 4.08. The molecule has 0 fully saturated rings. The number of carboxylic acids is 1. The lowest BCUT2D eigenvalue weighted by atomic mass is 10.0. The van der Waals surface area contributed by atoms with Gasteiger partial charge in [-0.25, -0.2) is 4.79 Å². The summed E-state index contributed by atoms with van der Waals surface area (Å²) in [7, 11) is 0. The van der Waals surface area contributed by atoms with Crippen molar-refractivity contribution in [1.29, 1.82) is 0 Å². The van der Waals surface area contributed by atoms with E-state index in [9.17, 15) is 27.9 Å². The van der Waals surface area contributed by atoms with E-state index in [4.69, 9.17) is 0 Å². The van der Waals surface area contributed by atoms with E-state index in [2.05, 4.69) is 0 Å². The fourth-order valence-electron chi connectivity index (χ4n) is 2.65. The van der Waals surface area contributed by atoms with Crippen molar-refractivity contribution >= 4 is 23.6 Å². The Labute approximate surface area is 140 Å². The molecular weight excluding hydrogens is 335 g/mol. The van der Waals surface area contributed by atoms with Gasteiger partial charge in [-0.1, -0.05) is 24.3 Å². The van der Waals surface area contributed by atoms with E-state index in [0.29, 0.717) is 11.3 Å². The predicted octanol–water partition coefficient (Wildman–Crippen LogP) is 3.83. The molecule has 0 aliphatic carbocycles. The van der Waals surface area contributed by atoms with Crippen LogP contribution in [0.15, 0.2) is 54.6 Å². The monoisotopic (exact) mass is 347 g/mol. The molecule has 1 atom stereocenters. The molecule has 0 bridgehead atoms. The maximum absolute atomic E-state index is 12.8. The average Bonchev–Trinajstić information content (AvgIpc) is 2.59. The number of carbonyl (C=O) groups excluding carboxylic acids is 1. The first-order valence-electron chi connectivity index (χ1n) is 7.30. The number of rotatable bonds is 2. The van der Waals surface area contributed by atoms with E-state index < -0.39 is 29.7 Å². The number of anilines is 1. The molecule has 7 heteroatoms. The number of carboxylic acid groups (broad SMARTS) is 1. The van der Waals surface area contributed by atoms with E-state index in [0.717, 1.165) is 29.2 Å². The van der Waals surface area contributed by atoms with Crippen LogP contribution in [0, 0.1) is 0 Å². The van der Waals surface area contributed by atoms with Gasteiger partial charge in [-0.15, -0.1) is 0 Å². The van der Waals surface area contributed by atoms with Gasteiger partial charge < -0.3 is 5.11 Å². The molecule has 1 heterocycles. The largest absolute Gasteiger partial charge is 0.479 e. The van der Waals surface area contributed by atoms with Crippen LogP contribution in [0.1, 0.15) is 21.5 Å². The summed E-state index contributed by atoms with van der Waals surface area (Å²) in [6.07, 6.45) is -1.54. The van der Waals surface area contributed by atoms with Crippen molar-refractivity contribution in [2.24, 2.45) is 0 Å². The maximum atomic E-state index is 12.8. The molecule has 1 amide bonds. The minimum atomic E-state index is -4.51. The minimum Gasteiger partial charge on any atom is -0.479 e. The van der Waals surface area contributed by atoms with Crippen molar-refractivity contribution in [3.63, 3.8) is 0 Å². The lowest BCUT2D eigenvalue weighted by Gasteiger charge is -2.31. The molecule has 2 aromatic carbocycles. The highest BCUT2D eigenvalue weighted by Gasteiger charge is 2.34. The Balaban J connectivity index is 2.01. The summed E-state index contributed by atoms with van der Waals surface area (Å²) in [4.78, 5) is 25.4. The zero-order valence-electron chi connectivity index (χ0n) is 12.7. The number of para-hydroxylation sites is 1. The molecule has 3 rings (SSSR count). The quantitative estimate of drug-likeness (QED) is 0.898. The number of fused-ring (bicyclic) bond motifs is 1. The lowest BCUT2D eigenvalue weighted by molar-refractivity contribution is -0.138. The number of nitrogens with zero attached hydrogens (tertiary/aromatic N) is 1. The fraction of sp³-hybridized carbons (Fsp3) is 0.111. The molecule has 0 saturated heterocycles. The number of alkyl halides is 3. The Bertz CT molecular complexity index is 857. The molecule has 1 aliphatic heterocycles. The zero-order chi connectivity index (χ0) is 18.2. The van der Waals surface area contributed by atoms with Gasteiger partial charge in [0.2, 0.25) is 0 Å². The second-order valence-corrected chi connectivity index (χ2v) is 5.45. The standard InChI is InChI=1S/C18H12F3NO3/c19-18(20,21)13-8-5-12(6-9-13)16(23)22-14-4-2-1-3-11(14)7-10-15(22)17(24)25/h1-10,15H,(H,24,25). The third-order valence-corrected chi connectivity index (χ3v) is 3.86. The van der Waals surface area contributed by atoms with Gasteiger partial charge in [0.1, 0.15) is 0 Å². The maximum Gasteiger partial charge on any atom is 0.416 e. The lowest BCUT2D eigenvalue weighted by Crippen LogP contribution is -2.45. The third-order valence-electron chi connectivity index (χ3n) is 3.86. The summed E-state index contributed by atoms with van der Waals surface area (Å²) in [6, 6.07) is 9.17. The van der Waals surface area contributed by atoms with Gasteiger partial charge in [-0.3, -0.25) is 9.69 Å². The number of carbonyl (C=O) groups is 2. The van der Waals surface area contributed by atoms with Crippen molar-refractivity contribution < 1.29 is 27.9 Å². The SMILES string of the molecule is O=C(O)C1C=Cc2ccccc2N1C(=O)c1ccc(C(F)(F)F)cc1. The molecule has 4 nitrogen and oxygen atoms in total. The second-order valence-electron chi connectivity index (χ2n) is 5.45. The molecule has 0 aromatic heterocycles. The van der Waals surface area contributed by atoms with Crippen LogP contribution in [0.25, 0.3) is 6.08 Å². The van der Waals surface area contributed by atoms with Crippen LogP contribution < -0.4 is 4.90 Å². The number of amides is 1. The van der Waals surface area contributed by atoms with Gasteiger partial charge in [-0.05, 0) is 42.0 Å². The molecule has 0 spiro atoms. The van der Waals surface area contributed by atoms with Crippen LogP contribution in [-0.4, -0.2) is 23.0 Å². The first-order chi connectivity index (χ1) is 11.8. The molecule has 128 valence electrons. The Morgan fingerprint density at radius 2 is 1.64 bits per heavy atom. The first-order valence-corrected chi connectivity index (χ1v) is 7.30. The Hall–Kier alpha value is -3.09. The third kappa shape index (κ3) is 3.13. The number of hydrogen-bond donors (Lipinski definition) is 1. The second kappa shape index (κ2) is 6.08. The minimum absolute atomic E-state index is 0.0237. The summed E-state index contributed by atoms with van der Waals surface area (Å²) in [5.41, 5.74) is 0.143. The highest BCUT2D eigenvalue weighted by Crippen LogP contribution is 2.32. The normalized spacial score (nSPS) is 16.4. The summed E-state index contributed by atoms with van der Waals surface area (Å²) in [5.74, 6) is -1.91. The topological polar surface area (TPSA) is 57.6 Å². The molecule has 0 radical (unpaired) electrons. The molecule has 1 aliphatic rings. The summed E-state index contributed by atoms with van der Waals surface area (Å²) in [5, 5.41) is 9.39. The van der Waals surface area contributed by atoms with Gasteiger partial charge in [-0.2, -0.15) is 13.2 Å². The van der Waals surface area contributed by atoms with Crippen LogP contribution in [-0.2, 0) is 11.0 Å². The summed E-state index contributed by atoms with van der Waals surface area (Å²) >= 11 is 0. The van der Waals surface area contributed by atoms with E-state index >= 15 is 0 Å². The van der Waals surface area contributed by atoms with Gasteiger partial charge in [0, 0.05) is 5.56 Å². The van der Waals surface area contributed by atoms with Crippen LogP contribution in [0.3, 0.4) is 0 Å². The van der Waals surface area contributed by atoms with Crippen LogP contribution in [0.4, 0.5) is 18.9 Å². The highest BCUT2D eigenvalue weighted by molar-refractivity contribution is 6.11. The predicted molar refractivity (Wildman–Crippen MR) is 85.2 cm³/mol. The number of halogens is 3. The van der Waals surface area contributed by atoms with Crippen LogP contribution in [0.2, 0.25) is 0 Å². The fourth-order valence-corrected chi connectivity index (χ4v) is 2.65. The Morgan fingerprint density at radius 3 is 2.24 bits per heavy atom. The van der Waals surface area contributed by atoms with E-state index in [-0.39, 0.29) is 5.56 Å². The van der Waals surface area contributed by atoms with Gasteiger partial charge in [0.15, 0.2) is 6.04 Å². The van der Waals surface area contributed by atoms with Gasteiger partial charge in [0.05, 0.1) is 11.3 Å². The van der Waals surface area contributed by atoms with E-state index in [1.807, 2.05) is 0 Å². The van der Waals surface area contributed by atoms with Crippen LogP contribution >= 0.6 is 0 Å². The molecule has 0 saturated carbocycles. The van der Waals surface area contributed by atoms with E-state index in [1.54, 1.807) is 30.3 Å². The van der Waals surface area contributed by atoms with Crippen molar-refractivity contribution in [2.75, 3.05) is 4.90 Å². The molecule has 1 unspecified atom stereocenters. The van der Waals surface area contributed by atoms with Gasteiger partial charge in [0.25, 0.3) is 5.91 Å². The van der Waals surface area contributed by atoms with Crippen molar-refractivity contribution in [3.8, 4) is 0 Å². The van der Waals surface area contributed by atoms with Crippen molar-refractivity contribution in [1.82, 2.24) is 0 Å².